The first-order valence-corrected chi connectivity index (χ1v) is 5.24. The highest BCUT2D eigenvalue weighted by Gasteiger charge is 2.16. The topological polar surface area (TPSA) is 88.2 Å². The maximum Gasteiger partial charge on any atom is 0.257 e. The number of anilines is 2. The summed E-state index contributed by atoms with van der Waals surface area (Å²) in [6.45, 7) is 0. The number of aromatic nitrogens is 4. The Hall–Kier alpha value is -2.70. The summed E-state index contributed by atoms with van der Waals surface area (Å²) < 4.78 is 4.51. The number of hydrogen-bond acceptors (Lipinski definition) is 7. The maximum absolute atomic E-state index is 9.83. The SMILES string of the molecule is CN(c1ccccc1)c1nc2nonc2nc1O. The summed E-state index contributed by atoms with van der Waals surface area (Å²) in [5, 5.41) is 16.9. The van der Waals surface area contributed by atoms with Crippen molar-refractivity contribution in [3.05, 3.63) is 30.3 Å². The van der Waals surface area contributed by atoms with Gasteiger partial charge in [0, 0.05) is 12.7 Å². The predicted molar refractivity (Wildman–Crippen MR) is 63.6 cm³/mol. The van der Waals surface area contributed by atoms with Gasteiger partial charge in [-0.3, -0.25) is 0 Å². The molecular formula is C11H9N5O2. The number of nitrogens with zero attached hydrogens (tertiary/aromatic N) is 5. The van der Waals surface area contributed by atoms with E-state index in [9.17, 15) is 5.11 Å². The average molecular weight is 243 g/mol. The molecule has 0 fully saturated rings. The normalized spacial score (nSPS) is 10.7. The second kappa shape index (κ2) is 3.95. The van der Waals surface area contributed by atoms with Gasteiger partial charge in [0.05, 0.1) is 0 Å². The summed E-state index contributed by atoms with van der Waals surface area (Å²) in [5.41, 5.74) is 1.31. The summed E-state index contributed by atoms with van der Waals surface area (Å²) in [6.07, 6.45) is 0. The van der Waals surface area contributed by atoms with Gasteiger partial charge in [-0.1, -0.05) is 18.2 Å². The third-order valence-corrected chi connectivity index (χ3v) is 2.54. The largest absolute Gasteiger partial charge is 0.491 e. The molecule has 0 saturated carbocycles. The minimum absolute atomic E-state index is 0.178. The highest BCUT2D eigenvalue weighted by molar-refractivity contribution is 5.71. The second-order valence-electron chi connectivity index (χ2n) is 3.68. The Kier molecular flexibility index (Phi) is 2.30. The molecule has 7 heteroatoms. The molecule has 0 bridgehead atoms. The fourth-order valence-corrected chi connectivity index (χ4v) is 1.62. The lowest BCUT2D eigenvalue weighted by Crippen LogP contribution is -2.12. The Morgan fingerprint density at radius 2 is 1.72 bits per heavy atom. The third-order valence-electron chi connectivity index (χ3n) is 2.54. The quantitative estimate of drug-likeness (QED) is 0.729. The van der Waals surface area contributed by atoms with Crippen molar-refractivity contribution in [2.45, 2.75) is 0 Å². The van der Waals surface area contributed by atoms with Gasteiger partial charge in [-0.2, -0.15) is 9.97 Å². The molecule has 0 amide bonds. The summed E-state index contributed by atoms with van der Waals surface area (Å²) in [5.74, 6) is 0.0777. The Morgan fingerprint density at radius 1 is 1.06 bits per heavy atom. The van der Waals surface area contributed by atoms with E-state index in [1.54, 1.807) is 11.9 Å². The molecule has 0 unspecified atom stereocenters. The van der Waals surface area contributed by atoms with Gasteiger partial charge in [-0.05, 0) is 22.4 Å². The molecule has 0 saturated heterocycles. The lowest BCUT2D eigenvalue weighted by Gasteiger charge is -2.17. The van der Waals surface area contributed by atoms with E-state index in [1.807, 2.05) is 30.3 Å². The van der Waals surface area contributed by atoms with Crippen LogP contribution in [0, 0.1) is 0 Å². The maximum atomic E-state index is 9.83. The van der Waals surface area contributed by atoms with Crippen molar-refractivity contribution in [1.82, 2.24) is 20.3 Å². The molecule has 1 aromatic carbocycles. The molecule has 2 aromatic heterocycles. The highest BCUT2D eigenvalue weighted by Crippen LogP contribution is 2.28. The van der Waals surface area contributed by atoms with Crippen LogP contribution in [0.2, 0.25) is 0 Å². The van der Waals surface area contributed by atoms with E-state index >= 15 is 0 Å². The van der Waals surface area contributed by atoms with E-state index in [0.717, 1.165) is 5.69 Å². The summed E-state index contributed by atoms with van der Waals surface area (Å²) in [6, 6.07) is 9.49. The van der Waals surface area contributed by atoms with Gasteiger partial charge in [0.1, 0.15) is 0 Å². The van der Waals surface area contributed by atoms with Crippen LogP contribution in [0.3, 0.4) is 0 Å². The summed E-state index contributed by atoms with van der Waals surface area (Å²) in [7, 11) is 1.78. The minimum Gasteiger partial charge on any atom is -0.491 e. The van der Waals surface area contributed by atoms with Gasteiger partial charge < -0.3 is 10.0 Å². The van der Waals surface area contributed by atoms with E-state index in [1.165, 1.54) is 0 Å². The van der Waals surface area contributed by atoms with E-state index in [4.69, 9.17) is 0 Å². The molecule has 0 aliphatic rings. The number of fused-ring (bicyclic) bond motifs is 1. The van der Waals surface area contributed by atoms with Crippen molar-refractivity contribution in [2.75, 3.05) is 11.9 Å². The van der Waals surface area contributed by atoms with Crippen molar-refractivity contribution < 1.29 is 9.74 Å². The molecule has 1 N–H and O–H groups in total. The fraction of sp³-hybridized carbons (Fsp3) is 0.0909. The van der Waals surface area contributed by atoms with E-state index < -0.39 is 0 Å². The van der Waals surface area contributed by atoms with Crippen LogP contribution >= 0.6 is 0 Å². The van der Waals surface area contributed by atoms with Crippen LogP contribution in [0.25, 0.3) is 11.3 Å². The Labute approximate surface area is 102 Å². The van der Waals surface area contributed by atoms with Gasteiger partial charge >= 0.3 is 0 Å². The molecule has 2 heterocycles. The second-order valence-corrected chi connectivity index (χ2v) is 3.68. The molecule has 0 radical (unpaired) electrons. The zero-order valence-corrected chi connectivity index (χ0v) is 9.48. The van der Waals surface area contributed by atoms with Gasteiger partial charge in [0.25, 0.3) is 5.88 Å². The molecular weight excluding hydrogens is 234 g/mol. The molecule has 0 spiro atoms. The number of rotatable bonds is 2. The lowest BCUT2D eigenvalue weighted by atomic mass is 10.3. The molecule has 3 aromatic rings. The fourth-order valence-electron chi connectivity index (χ4n) is 1.62. The van der Waals surface area contributed by atoms with Crippen LogP contribution in [-0.2, 0) is 0 Å². The molecule has 0 atom stereocenters. The predicted octanol–water partition coefficient (Wildman–Crippen LogP) is 1.49. The summed E-state index contributed by atoms with van der Waals surface area (Å²) >= 11 is 0. The molecule has 0 aliphatic heterocycles. The van der Waals surface area contributed by atoms with Crippen LogP contribution in [0.5, 0.6) is 5.88 Å². The van der Waals surface area contributed by atoms with Crippen LogP contribution in [0.15, 0.2) is 35.0 Å². The smallest absolute Gasteiger partial charge is 0.257 e. The molecule has 18 heavy (non-hydrogen) atoms. The van der Waals surface area contributed by atoms with E-state index in [2.05, 4.69) is 24.9 Å². The summed E-state index contributed by atoms with van der Waals surface area (Å²) in [4.78, 5) is 9.73. The van der Waals surface area contributed by atoms with Crippen LogP contribution < -0.4 is 4.90 Å². The molecule has 7 nitrogen and oxygen atoms in total. The standard InChI is InChI=1S/C11H9N5O2/c1-16(7-5-3-2-4-6-7)10-11(17)13-9-8(12-10)14-18-15-9/h2-6H,1H3,(H,13,15,17). The first kappa shape index (κ1) is 10.5. The highest BCUT2D eigenvalue weighted by atomic mass is 16.6. The number of hydrogen-bond donors (Lipinski definition) is 1. The Morgan fingerprint density at radius 3 is 2.44 bits per heavy atom. The Balaban J connectivity index is 2.10. The van der Waals surface area contributed by atoms with Crippen LogP contribution in [0.1, 0.15) is 0 Å². The lowest BCUT2D eigenvalue weighted by molar-refractivity contribution is 0.314. The van der Waals surface area contributed by atoms with Crippen molar-refractivity contribution in [3.63, 3.8) is 0 Å². The van der Waals surface area contributed by atoms with Gasteiger partial charge in [0.15, 0.2) is 5.82 Å². The number of aromatic hydroxyl groups is 1. The zero-order valence-electron chi connectivity index (χ0n) is 9.48. The van der Waals surface area contributed by atoms with Crippen LogP contribution in [-0.4, -0.2) is 32.4 Å². The van der Waals surface area contributed by atoms with Crippen LogP contribution in [0.4, 0.5) is 11.5 Å². The third kappa shape index (κ3) is 1.61. The minimum atomic E-state index is -0.218. The van der Waals surface area contributed by atoms with Crippen molar-refractivity contribution in [2.24, 2.45) is 0 Å². The van der Waals surface area contributed by atoms with Gasteiger partial charge in [-0.25, -0.2) is 4.63 Å². The molecule has 0 aliphatic carbocycles. The first-order valence-electron chi connectivity index (χ1n) is 5.24. The molecule has 3 rings (SSSR count). The van der Waals surface area contributed by atoms with Crippen molar-refractivity contribution >= 4 is 22.8 Å². The van der Waals surface area contributed by atoms with E-state index in [-0.39, 0.29) is 17.2 Å². The van der Waals surface area contributed by atoms with Gasteiger partial charge in [-0.15, -0.1) is 0 Å². The first-order chi connectivity index (χ1) is 8.75. The average Bonchev–Trinajstić information content (AvgIpc) is 2.85. The molecule has 90 valence electrons. The van der Waals surface area contributed by atoms with Crippen molar-refractivity contribution in [3.8, 4) is 5.88 Å². The zero-order chi connectivity index (χ0) is 12.5. The van der Waals surface area contributed by atoms with Gasteiger partial charge in [0.2, 0.25) is 11.3 Å². The number of benzene rings is 1. The Bertz CT molecular complexity index is 682. The number of para-hydroxylation sites is 1. The van der Waals surface area contributed by atoms with E-state index in [0.29, 0.717) is 5.82 Å². The van der Waals surface area contributed by atoms with Crippen molar-refractivity contribution in [1.29, 1.82) is 0 Å². The monoisotopic (exact) mass is 243 g/mol.